The van der Waals surface area contributed by atoms with Gasteiger partial charge in [-0.3, -0.25) is 4.79 Å². The Kier molecular flexibility index (Phi) is 4.52. The van der Waals surface area contributed by atoms with E-state index in [0.717, 1.165) is 22.5 Å². The zero-order valence-corrected chi connectivity index (χ0v) is 13.6. The van der Waals surface area contributed by atoms with Gasteiger partial charge in [0.1, 0.15) is 0 Å². The number of nitrogens with zero attached hydrogens (tertiary/aromatic N) is 2. The van der Waals surface area contributed by atoms with Gasteiger partial charge in [0.25, 0.3) is 5.91 Å². The van der Waals surface area contributed by atoms with Crippen molar-refractivity contribution in [3.05, 3.63) is 77.5 Å². The Hall–Kier alpha value is -3.21. The van der Waals surface area contributed by atoms with Crippen LogP contribution in [0.2, 0.25) is 0 Å². The van der Waals surface area contributed by atoms with Crippen LogP contribution in [-0.2, 0) is 0 Å². The summed E-state index contributed by atoms with van der Waals surface area (Å²) in [6.07, 6.45) is 0. The molecule has 0 spiro atoms. The minimum atomic E-state index is -0.277. The molecule has 0 unspecified atom stereocenters. The molecule has 0 saturated carbocycles. The van der Waals surface area contributed by atoms with E-state index in [-0.39, 0.29) is 11.6 Å². The molecule has 0 fully saturated rings. The van der Waals surface area contributed by atoms with Crippen LogP contribution >= 0.6 is 0 Å². The number of hydrogen-bond acceptors (Lipinski definition) is 4. The first-order valence-electron chi connectivity index (χ1n) is 7.66. The predicted molar refractivity (Wildman–Crippen MR) is 95.6 cm³/mol. The maximum Gasteiger partial charge on any atom is 0.276 e. The van der Waals surface area contributed by atoms with Crippen molar-refractivity contribution in [2.75, 3.05) is 10.6 Å². The van der Waals surface area contributed by atoms with E-state index < -0.39 is 0 Å². The van der Waals surface area contributed by atoms with Crippen molar-refractivity contribution in [2.45, 2.75) is 13.8 Å². The molecule has 3 aromatic rings. The molecular weight excluding hydrogens is 300 g/mol. The SMILES string of the molecule is Cc1ccc(NC(=O)c2ccc(Nc3ccccc3)nn2)c(C)c1. The lowest BCUT2D eigenvalue weighted by Gasteiger charge is -2.09. The Morgan fingerprint density at radius 2 is 1.71 bits per heavy atom. The Labute approximate surface area is 140 Å². The van der Waals surface area contributed by atoms with E-state index in [1.54, 1.807) is 12.1 Å². The highest BCUT2D eigenvalue weighted by atomic mass is 16.1. The van der Waals surface area contributed by atoms with Crippen molar-refractivity contribution in [1.82, 2.24) is 10.2 Å². The summed E-state index contributed by atoms with van der Waals surface area (Å²) in [5.41, 5.74) is 4.13. The van der Waals surface area contributed by atoms with E-state index in [0.29, 0.717) is 5.82 Å². The fourth-order valence-corrected chi connectivity index (χ4v) is 2.33. The molecule has 0 atom stereocenters. The highest BCUT2D eigenvalue weighted by Gasteiger charge is 2.10. The number of rotatable bonds is 4. The largest absolute Gasteiger partial charge is 0.339 e. The molecular formula is C19H18N4O. The Bertz CT molecular complexity index is 845. The smallest absolute Gasteiger partial charge is 0.276 e. The van der Waals surface area contributed by atoms with Crippen LogP contribution in [0.25, 0.3) is 0 Å². The second kappa shape index (κ2) is 6.91. The number of amides is 1. The third-order valence-corrected chi connectivity index (χ3v) is 3.57. The molecule has 3 rings (SSSR count). The van der Waals surface area contributed by atoms with Gasteiger partial charge in [-0.25, -0.2) is 0 Å². The molecule has 0 bridgehead atoms. The fourth-order valence-electron chi connectivity index (χ4n) is 2.33. The van der Waals surface area contributed by atoms with Crippen LogP contribution in [0.3, 0.4) is 0 Å². The minimum absolute atomic E-state index is 0.272. The highest BCUT2D eigenvalue weighted by Crippen LogP contribution is 2.17. The second-order valence-corrected chi connectivity index (χ2v) is 5.57. The summed E-state index contributed by atoms with van der Waals surface area (Å²) < 4.78 is 0. The molecule has 24 heavy (non-hydrogen) atoms. The van der Waals surface area contributed by atoms with Crippen molar-refractivity contribution in [3.8, 4) is 0 Å². The van der Waals surface area contributed by atoms with Gasteiger partial charge in [0.2, 0.25) is 0 Å². The molecule has 2 aromatic carbocycles. The van der Waals surface area contributed by atoms with Crippen molar-refractivity contribution in [3.63, 3.8) is 0 Å². The fraction of sp³-hybridized carbons (Fsp3) is 0.105. The number of carbonyl (C=O) groups is 1. The summed E-state index contributed by atoms with van der Waals surface area (Å²) >= 11 is 0. The van der Waals surface area contributed by atoms with Crippen molar-refractivity contribution < 1.29 is 4.79 Å². The number of nitrogens with one attached hydrogen (secondary N) is 2. The number of anilines is 3. The molecule has 5 heteroatoms. The number of para-hydroxylation sites is 1. The van der Waals surface area contributed by atoms with Gasteiger partial charge in [-0.15, -0.1) is 10.2 Å². The third kappa shape index (κ3) is 3.76. The normalized spacial score (nSPS) is 10.2. The molecule has 0 aliphatic carbocycles. The molecule has 0 saturated heterocycles. The van der Waals surface area contributed by atoms with Gasteiger partial charge >= 0.3 is 0 Å². The molecule has 1 aromatic heterocycles. The maximum absolute atomic E-state index is 12.3. The number of carbonyl (C=O) groups excluding carboxylic acids is 1. The third-order valence-electron chi connectivity index (χ3n) is 3.57. The Morgan fingerprint density at radius 1 is 0.917 bits per heavy atom. The van der Waals surface area contributed by atoms with Gasteiger partial charge in [-0.05, 0) is 49.7 Å². The lowest BCUT2D eigenvalue weighted by atomic mass is 10.1. The van der Waals surface area contributed by atoms with Crippen LogP contribution in [0.1, 0.15) is 21.6 Å². The number of hydrogen-bond donors (Lipinski definition) is 2. The highest BCUT2D eigenvalue weighted by molar-refractivity contribution is 6.03. The van der Waals surface area contributed by atoms with Gasteiger partial charge < -0.3 is 10.6 Å². The Morgan fingerprint density at radius 3 is 2.38 bits per heavy atom. The monoisotopic (exact) mass is 318 g/mol. The minimum Gasteiger partial charge on any atom is -0.339 e. The summed E-state index contributed by atoms with van der Waals surface area (Å²) in [6.45, 7) is 3.98. The first kappa shape index (κ1) is 15.7. The average molecular weight is 318 g/mol. The van der Waals surface area contributed by atoms with Crippen LogP contribution in [0.4, 0.5) is 17.2 Å². The van der Waals surface area contributed by atoms with Gasteiger partial charge in [-0.2, -0.15) is 0 Å². The van der Waals surface area contributed by atoms with Crippen LogP contribution in [-0.4, -0.2) is 16.1 Å². The Balaban J connectivity index is 1.69. The summed E-state index contributed by atoms with van der Waals surface area (Å²) in [4.78, 5) is 12.3. The van der Waals surface area contributed by atoms with Gasteiger partial charge in [-0.1, -0.05) is 35.9 Å². The summed E-state index contributed by atoms with van der Waals surface area (Å²) in [7, 11) is 0. The number of aryl methyl sites for hydroxylation is 2. The van der Waals surface area contributed by atoms with Crippen LogP contribution in [0.5, 0.6) is 0 Å². The quantitative estimate of drug-likeness (QED) is 0.760. The summed E-state index contributed by atoms with van der Waals surface area (Å²) in [5, 5.41) is 14.0. The van der Waals surface area contributed by atoms with E-state index in [4.69, 9.17) is 0 Å². The predicted octanol–water partition coefficient (Wildman–Crippen LogP) is 4.09. The summed E-state index contributed by atoms with van der Waals surface area (Å²) in [6, 6.07) is 18.9. The van der Waals surface area contributed by atoms with Crippen LogP contribution in [0.15, 0.2) is 60.7 Å². The molecule has 120 valence electrons. The standard InChI is InChI=1S/C19H18N4O/c1-13-8-9-16(14(2)12-13)21-19(24)17-10-11-18(23-22-17)20-15-6-4-3-5-7-15/h3-12H,1-2H3,(H,20,23)(H,21,24). The first-order valence-corrected chi connectivity index (χ1v) is 7.66. The molecule has 5 nitrogen and oxygen atoms in total. The van der Waals surface area contributed by atoms with E-state index in [1.165, 1.54) is 0 Å². The van der Waals surface area contributed by atoms with Crippen molar-refractivity contribution >= 4 is 23.1 Å². The maximum atomic E-state index is 12.3. The van der Waals surface area contributed by atoms with E-state index in [9.17, 15) is 4.79 Å². The van der Waals surface area contributed by atoms with Gasteiger partial charge in [0.15, 0.2) is 11.5 Å². The average Bonchev–Trinajstić information content (AvgIpc) is 2.59. The molecule has 0 radical (unpaired) electrons. The lowest BCUT2D eigenvalue weighted by molar-refractivity contribution is 0.102. The van der Waals surface area contributed by atoms with E-state index in [2.05, 4.69) is 20.8 Å². The first-order chi connectivity index (χ1) is 11.6. The molecule has 1 amide bonds. The van der Waals surface area contributed by atoms with E-state index >= 15 is 0 Å². The second-order valence-electron chi connectivity index (χ2n) is 5.57. The molecule has 0 aliphatic rings. The number of benzene rings is 2. The van der Waals surface area contributed by atoms with Crippen LogP contribution < -0.4 is 10.6 Å². The molecule has 1 heterocycles. The van der Waals surface area contributed by atoms with Crippen LogP contribution in [0, 0.1) is 13.8 Å². The topological polar surface area (TPSA) is 66.9 Å². The van der Waals surface area contributed by atoms with E-state index in [1.807, 2.05) is 62.4 Å². The molecule has 2 N–H and O–H groups in total. The van der Waals surface area contributed by atoms with Crippen molar-refractivity contribution in [1.29, 1.82) is 0 Å². The zero-order valence-electron chi connectivity index (χ0n) is 13.6. The number of aromatic nitrogens is 2. The van der Waals surface area contributed by atoms with Crippen molar-refractivity contribution in [2.24, 2.45) is 0 Å². The zero-order chi connectivity index (χ0) is 16.9. The van der Waals surface area contributed by atoms with Gasteiger partial charge in [0.05, 0.1) is 0 Å². The summed E-state index contributed by atoms with van der Waals surface area (Å²) in [5.74, 6) is 0.310. The van der Waals surface area contributed by atoms with Gasteiger partial charge in [0, 0.05) is 11.4 Å². The molecule has 0 aliphatic heterocycles. The lowest BCUT2D eigenvalue weighted by Crippen LogP contribution is -2.15.